The zero-order chi connectivity index (χ0) is 20.4. The van der Waals surface area contributed by atoms with Crippen molar-refractivity contribution >= 4 is 15.7 Å². The highest BCUT2D eigenvalue weighted by Gasteiger charge is 2.32. The molecule has 0 aliphatic carbocycles. The Bertz CT molecular complexity index is 954. The van der Waals surface area contributed by atoms with Gasteiger partial charge in [-0.3, -0.25) is 9.78 Å². The van der Waals surface area contributed by atoms with Gasteiger partial charge in [0.25, 0.3) is 0 Å². The molecule has 28 heavy (non-hydrogen) atoms. The Morgan fingerprint density at radius 2 is 2.00 bits per heavy atom. The molecule has 2 aromatic rings. The third-order valence-electron chi connectivity index (χ3n) is 4.40. The highest BCUT2D eigenvalue weighted by molar-refractivity contribution is 7.91. The van der Waals surface area contributed by atoms with E-state index in [1.807, 2.05) is 0 Å². The van der Waals surface area contributed by atoms with Gasteiger partial charge in [-0.05, 0) is 49.7 Å². The highest BCUT2D eigenvalue weighted by Crippen LogP contribution is 2.31. The van der Waals surface area contributed by atoms with Crippen molar-refractivity contribution in [1.29, 1.82) is 0 Å². The molecular formula is C18H18F3N3O3S. The van der Waals surface area contributed by atoms with Gasteiger partial charge in [0.15, 0.2) is 0 Å². The van der Waals surface area contributed by atoms with Gasteiger partial charge in [-0.2, -0.15) is 13.2 Å². The Kier molecular flexibility index (Phi) is 5.71. The van der Waals surface area contributed by atoms with Gasteiger partial charge in [0.1, 0.15) is 0 Å². The minimum Gasteiger partial charge on any atom is -0.349 e. The van der Waals surface area contributed by atoms with Crippen LogP contribution in [0.15, 0.2) is 52.4 Å². The van der Waals surface area contributed by atoms with E-state index in [9.17, 15) is 26.4 Å². The van der Waals surface area contributed by atoms with Gasteiger partial charge in [-0.15, -0.1) is 0 Å². The number of halogens is 3. The van der Waals surface area contributed by atoms with E-state index >= 15 is 0 Å². The number of hydrogen-bond donors (Lipinski definition) is 2. The fraction of sp³-hybridized carbons (Fsp3) is 0.333. The molecule has 1 aliphatic rings. The molecule has 150 valence electrons. The Morgan fingerprint density at radius 1 is 1.21 bits per heavy atom. The lowest BCUT2D eigenvalue weighted by Gasteiger charge is -2.11. The molecule has 2 heterocycles. The highest BCUT2D eigenvalue weighted by atomic mass is 32.2. The second-order valence-electron chi connectivity index (χ2n) is 6.38. The molecule has 6 nitrogen and oxygen atoms in total. The summed E-state index contributed by atoms with van der Waals surface area (Å²) in [5.74, 6) is -0.153. The van der Waals surface area contributed by atoms with Crippen LogP contribution >= 0.6 is 0 Å². The third kappa shape index (κ3) is 4.50. The van der Waals surface area contributed by atoms with E-state index in [-0.39, 0.29) is 23.4 Å². The Labute approximate surface area is 160 Å². The summed E-state index contributed by atoms with van der Waals surface area (Å²) in [4.78, 5) is 15.3. The Hall–Kier alpha value is -2.46. The average molecular weight is 413 g/mol. The molecule has 1 aliphatic heterocycles. The molecule has 0 unspecified atom stereocenters. The number of benzene rings is 1. The quantitative estimate of drug-likeness (QED) is 0.786. The van der Waals surface area contributed by atoms with Crippen LogP contribution in [0.4, 0.5) is 13.2 Å². The molecule has 1 amide bonds. The van der Waals surface area contributed by atoms with Gasteiger partial charge >= 0.3 is 6.18 Å². The molecule has 3 rings (SSSR count). The van der Waals surface area contributed by atoms with E-state index in [0.717, 1.165) is 43.8 Å². The third-order valence-corrected chi connectivity index (χ3v) is 6.14. The number of hydrogen-bond acceptors (Lipinski definition) is 5. The number of aromatic nitrogens is 1. The summed E-state index contributed by atoms with van der Waals surface area (Å²) < 4.78 is 63.6. The van der Waals surface area contributed by atoms with Gasteiger partial charge < -0.3 is 10.6 Å². The summed E-state index contributed by atoms with van der Waals surface area (Å²) in [6.07, 6.45) is -1.88. The number of alkyl halides is 3. The van der Waals surface area contributed by atoms with Crippen LogP contribution in [0, 0.1) is 0 Å². The largest absolute Gasteiger partial charge is 0.416 e. The number of pyridine rings is 1. The minimum absolute atomic E-state index is 0.126. The van der Waals surface area contributed by atoms with Crippen LogP contribution in [0.25, 0.3) is 0 Å². The van der Waals surface area contributed by atoms with Crippen molar-refractivity contribution in [2.75, 3.05) is 6.54 Å². The number of sulfone groups is 1. The second kappa shape index (κ2) is 7.88. The molecule has 1 aromatic heterocycles. The molecule has 10 heteroatoms. The summed E-state index contributed by atoms with van der Waals surface area (Å²) in [6, 6.07) is 6.00. The van der Waals surface area contributed by atoms with Crippen LogP contribution in [0.5, 0.6) is 0 Å². The summed E-state index contributed by atoms with van der Waals surface area (Å²) >= 11 is 0. The monoisotopic (exact) mass is 413 g/mol. The lowest BCUT2D eigenvalue weighted by Crippen LogP contribution is -2.40. The fourth-order valence-electron chi connectivity index (χ4n) is 2.86. The van der Waals surface area contributed by atoms with Gasteiger partial charge in [0, 0.05) is 6.20 Å². The lowest BCUT2D eigenvalue weighted by molar-refractivity contribution is -0.137. The summed E-state index contributed by atoms with van der Waals surface area (Å²) in [6.45, 7) is 0.916. The van der Waals surface area contributed by atoms with Crippen molar-refractivity contribution in [3.05, 3.63) is 53.9 Å². The molecular weight excluding hydrogens is 395 g/mol. The first-order valence-corrected chi connectivity index (χ1v) is 10.0. The van der Waals surface area contributed by atoms with E-state index < -0.39 is 26.5 Å². The molecule has 1 aromatic carbocycles. The van der Waals surface area contributed by atoms with Gasteiger partial charge in [0.05, 0.1) is 33.6 Å². The Morgan fingerprint density at radius 3 is 2.61 bits per heavy atom. The Balaban J connectivity index is 1.72. The predicted molar refractivity (Wildman–Crippen MR) is 94.0 cm³/mol. The molecule has 0 bridgehead atoms. The van der Waals surface area contributed by atoms with Crippen molar-refractivity contribution in [3.8, 4) is 0 Å². The second-order valence-corrected chi connectivity index (χ2v) is 8.33. The standard InChI is InChI=1S/C18H18F3N3O3S/c19-18(20,21)12-3-1-4-14(9-12)28(26,27)15-7-6-13(23-11-15)10-24-17(25)16-5-2-8-22-16/h1,3-4,6-7,9,11,16,22H,2,5,8,10H2,(H,24,25)/t16-/m1/s1. The zero-order valence-electron chi connectivity index (χ0n) is 14.7. The normalized spacial score (nSPS) is 17.5. The first-order valence-electron chi connectivity index (χ1n) is 8.56. The first-order chi connectivity index (χ1) is 13.2. The molecule has 2 N–H and O–H groups in total. The number of carbonyl (C=O) groups is 1. The average Bonchev–Trinajstić information content (AvgIpc) is 3.21. The van der Waals surface area contributed by atoms with E-state index in [1.54, 1.807) is 0 Å². The number of nitrogens with one attached hydrogen (secondary N) is 2. The molecule has 0 spiro atoms. The number of carbonyl (C=O) groups excluding carboxylic acids is 1. The van der Waals surface area contributed by atoms with Gasteiger partial charge in [-0.1, -0.05) is 6.07 Å². The van der Waals surface area contributed by atoms with Crippen molar-refractivity contribution < 1.29 is 26.4 Å². The van der Waals surface area contributed by atoms with Crippen LogP contribution in [-0.4, -0.2) is 31.9 Å². The topological polar surface area (TPSA) is 88.2 Å². The SMILES string of the molecule is O=C(NCc1ccc(S(=O)(=O)c2cccc(C(F)(F)F)c2)cn1)[C@H]1CCCN1. The smallest absolute Gasteiger partial charge is 0.349 e. The van der Waals surface area contributed by atoms with E-state index in [4.69, 9.17) is 0 Å². The van der Waals surface area contributed by atoms with Gasteiger partial charge in [-0.25, -0.2) is 8.42 Å². The molecule has 1 atom stereocenters. The molecule has 1 fully saturated rings. The summed E-state index contributed by atoms with van der Waals surface area (Å²) in [5, 5.41) is 5.78. The molecule has 0 saturated carbocycles. The number of amides is 1. The molecule has 0 radical (unpaired) electrons. The van der Waals surface area contributed by atoms with Crippen LogP contribution in [0.1, 0.15) is 24.1 Å². The van der Waals surface area contributed by atoms with Crippen LogP contribution in [-0.2, 0) is 27.4 Å². The first kappa shape index (κ1) is 20.3. The molecule has 1 saturated heterocycles. The minimum atomic E-state index is -4.64. The van der Waals surface area contributed by atoms with Crippen molar-refractivity contribution in [1.82, 2.24) is 15.6 Å². The maximum atomic E-state index is 12.8. The number of nitrogens with zero attached hydrogens (tertiary/aromatic N) is 1. The number of rotatable bonds is 5. The van der Waals surface area contributed by atoms with Crippen LogP contribution in [0.3, 0.4) is 0 Å². The zero-order valence-corrected chi connectivity index (χ0v) is 15.5. The fourth-order valence-corrected chi connectivity index (χ4v) is 4.11. The van der Waals surface area contributed by atoms with E-state index in [1.165, 1.54) is 12.1 Å². The lowest BCUT2D eigenvalue weighted by atomic mass is 10.2. The van der Waals surface area contributed by atoms with Crippen molar-refractivity contribution in [2.45, 2.75) is 41.4 Å². The van der Waals surface area contributed by atoms with Crippen molar-refractivity contribution in [3.63, 3.8) is 0 Å². The van der Waals surface area contributed by atoms with Crippen molar-refractivity contribution in [2.24, 2.45) is 0 Å². The summed E-state index contributed by atoms with van der Waals surface area (Å²) in [7, 11) is -4.14. The van der Waals surface area contributed by atoms with Gasteiger partial charge in [0.2, 0.25) is 15.7 Å². The maximum absolute atomic E-state index is 12.8. The maximum Gasteiger partial charge on any atom is 0.416 e. The predicted octanol–water partition coefficient (Wildman–Crippen LogP) is 2.30. The van der Waals surface area contributed by atoms with E-state index in [0.29, 0.717) is 11.8 Å². The van der Waals surface area contributed by atoms with E-state index in [2.05, 4.69) is 15.6 Å². The van der Waals surface area contributed by atoms with Crippen LogP contribution in [0.2, 0.25) is 0 Å². The summed E-state index contributed by atoms with van der Waals surface area (Å²) in [5.41, 5.74) is -0.601. The van der Waals surface area contributed by atoms with Crippen LogP contribution < -0.4 is 10.6 Å².